The van der Waals surface area contributed by atoms with Crippen LogP contribution >= 0.6 is 0 Å². The number of piperidine rings is 1. The van der Waals surface area contributed by atoms with Crippen molar-refractivity contribution in [1.82, 2.24) is 20.4 Å². The van der Waals surface area contributed by atoms with Crippen LogP contribution in [0.2, 0.25) is 0 Å². The second-order valence-corrected chi connectivity index (χ2v) is 8.16. The minimum atomic E-state index is -0.0539. The molecule has 3 aromatic rings. The molecule has 1 amide bonds. The molecule has 0 saturated carbocycles. The molecule has 0 radical (unpaired) electrons. The van der Waals surface area contributed by atoms with Crippen LogP contribution in [0.1, 0.15) is 36.8 Å². The first kappa shape index (κ1) is 22.0. The third-order valence-electron chi connectivity index (χ3n) is 5.81. The zero-order chi connectivity index (χ0) is 22.3. The van der Waals surface area contributed by atoms with E-state index >= 15 is 0 Å². The van der Waals surface area contributed by atoms with Gasteiger partial charge >= 0.3 is 0 Å². The maximum absolute atomic E-state index is 12.8. The predicted octanol–water partition coefficient (Wildman–Crippen LogP) is 3.97. The normalized spacial score (nSPS) is 16.6. The molecule has 1 saturated heterocycles. The first-order chi connectivity index (χ1) is 15.6. The van der Waals surface area contributed by atoms with Crippen LogP contribution in [-0.2, 0) is 17.9 Å². The Balaban J connectivity index is 1.33. The maximum atomic E-state index is 12.8. The number of hydrogen-bond acceptors (Lipinski definition) is 6. The van der Waals surface area contributed by atoms with Crippen molar-refractivity contribution in [2.75, 3.05) is 19.7 Å². The molecule has 1 aliphatic heterocycles. The van der Waals surface area contributed by atoms with Gasteiger partial charge in [-0.25, -0.2) is 0 Å². The lowest BCUT2D eigenvalue weighted by atomic mass is 9.97. The maximum Gasteiger partial charge on any atom is 0.241 e. The number of aryl methyl sites for hydroxylation is 1. The van der Waals surface area contributed by atoms with Gasteiger partial charge in [0.25, 0.3) is 0 Å². The molecule has 2 aromatic carbocycles. The van der Waals surface area contributed by atoms with Gasteiger partial charge in [0.15, 0.2) is 0 Å². The number of rotatable bonds is 8. The van der Waals surface area contributed by atoms with E-state index < -0.39 is 0 Å². The Morgan fingerprint density at radius 2 is 2.03 bits per heavy atom. The summed E-state index contributed by atoms with van der Waals surface area (Å²) < 4.78 is 11.2. The minimum absolute atomic E-state index is 0.0539. The molecule has 7 heteroatoms. The zero-order valence-corrected chi connectivity index (χ0v) is 18.7. The standard InChI is InChI=1S/C25H30N4O3/c1-3-31-22-13-7-5-10-19(22)15-26-25(30)20-11-8-14-29(16-20)17-23-27-24(28-32-23)21-12-6-4-9-18(21)2/h4-7,9-10,12-13,20H,3,8,11,14-17H2,1-2H3,(H,26,30). The third-order valence-corrected chi connectivity index (χ3v) is 5.81. The summed E-state index contributed by atoms with van der Waals surface area (Å²) in [6.45, 7) is 7.21. The molecule has 32 heavy (non-hydrogen) atoms. The van der Waals surface area contributed by atoms with Crippen LogP contribution in [0.25, 0.3) is 11.4 Å². The Labute approximate surface area is 188 Å². The van der Waals surface area contributed by atoms with Gasteiger partial charge in [-0.3, -0.25) is 9.69 Å². The smallest absolute Gasteiger partial charge is 0.241 e. The van der Waals surface area contributed by atoms with Gasteiger partial charge in [-0.15, -0.1) is 0 Å². The van der Waals surface area contributed by atoms with E-state index in [4.69, 9.17) is 9.26 Å². The van der Waals surface area contributed by atoms with Gasteiger partial charge in [0.2, 0.25) is 17.6 Å². The highest BCUT2D eigenvalue weighted by atomic mass is 16.5. The molecule has 7 nitrogen and oxygen atoms in total. The molecule has 4 rings (SSSR count). The highest BCUT2D eigenvalue weighted by molar-refractivity contribution is 5.79. The van der Waals surface area contributed by atoms with Crippen LogP contribution < -0.4 is 10.1 Å². The molecule has 0 aliphatic carbocycles. The van der Waals surface area contributed by atoms with Gasteiger partial charge in [-0.05, 0) is 44.9 Å². The van der Waals surface area contributed by atoms with Crippen LogP contribution in [0.3, 0.4) is 0 Å². The number of nitrogens with one attached hydrogen (secondary N) is 1. The number of amides is 1. The van der Waals surface area contributed by atoms with Crippen LogP contribution in [0, 0.1) is 12.8 Å². The lowest BCUT2D eigenvalue weighted by molar-refractivity contribution is -0.127. The number of para-hydroxylation sites is 1. The lowest BCUT2D eigenvalue weighted by Crippen LogP contribution is -2.42. The summed E-state index contributed by atoms with van der Waals surface area (Å²) in [6.07, 6.45) is 1.85. The highest BCUT2D eigenvalue weighted by Crippen LogP contribution is 2.23. The van der Waals surface area contributed by atoms with E-state index in [0.29, 0.717) is 38.0 Å². The fourth-order valence-corrected chi connectivity index (χ4v) is 4.13. The Kier molecular flexibility index (Phi) is 7.17. The summed E-state index contributed by atoms with van der Waals surface area (Å²) in [7, 11) is 0. The summed E-state index contributed by atoms with van der Waals surface area (Å²) in [5.41, 5.74) is 3.08. The Hall–Kier alpha value is -3.19. The van der Waals surface area contributed by atoms with Crippen molar-refractivity contribution < 1.29 is 14.1 Å². The van der Waals surface area contributed by atoms with Gasteiger partial charge in [-0.1, -0.05) is 47.6 Å². The van der Waals surface area contributed by atoms with Crippen LogP contribution in [0.5, 0.6) is 5.75 Å². The third kappa shape index (κ3) is 5.34. The SMILES string of the molecule is CCOc1ccccc1CNC(=O)C1CCCN(Cc2nc(-c3ccccc3C)no2)C1. The van der Waals surface area contributed by atoms with E-state index in [1.54, 1.807) is 0 Å². The van der Waals surface area contributed by atoms with Gasteiger partial charge < -0.3 is 14.6 Å². The molecule has 1 atom stereocenters. The first-order valence-electron chi connectivity index (χ1n) is 11.2. The van der Waals surface area contributed by atoms with E-state index in [1.165, 1.54) is 0 Å². The topological polar surface area (TPSA) is 80.5 Å². The predicted molar refractivity (Wildman–Crippen MR) is 122 cm³/mol. The number of hydrogen-bond donors (Lipinski definition) is 1. The summed E-state index contributed by atoms with van der Waals surface area (Å²) in [4.78, 5) is 19.6. The van der Waals surface area contributed by atoms with Gasteiger partial charge in [0.05, 0.1) is 19.1 Å². The van der Waals surface area contributed by atoms with Crippen molar-refractivity contribution in [3.05, 3.63) is 65.5 Å². The molecule has 1 aliphatic rings. The fraction of sp³-hybridized carbons (Fsp3) is 0.400. The minimum Gasteiger partial charge on any atom is -0.494 e. The zero-order valence-electron chi connectivity index (χ0n) is 18.7. The van der Waals surface area contributed by atoms with Crippen LogP contribution in [0.15, 0.2) is 53.1 Å². The number of likely N-dealkylation sites (tertiary alicyclic amines) is 1. The molecule has 2 heterocycles. The van der Waals surface area contributed by atoms with E-state index in [-0.39, 0.29) is 11.8 Å². The molecular weight excluding hydrogens is 404 g/mol. The number of ether oxygens (including phenoxy) is 1. The molecule has 1 unspecified atom stereocenters. The van der Waals surface area contributed by atoms with Crippen LogP contribution in [-0.4, -0.2) is 40.6 Å². The van der Waals surface area contributed by atoms with E-state index in [2.05, 4.69) is 20.4 Å². The molecule has 168 valence electrons. The Morgan fingerprint density at radius 1 is 1.22 bits per heavy atom. The number of aromatic nitrogens is 2. The number of nitrogens with zero attached hydrogens (tertiary/aromatic N) is 3. The fourth-order valence-electron chi connectivity index (χ4n) is 4.13. The second-order valence-electron chi connectivity index (χ2n) is 8.16. The molecule has 0 spiro atoms. The van der Waals surface area contributed by atoms with Gasteiger partial charge in [0.1, 0.15) is 5.75 Å². The second kappa shape index (κ2) is 10.4. The van der Waals surface area contributed by atoms with Crippen molar-refractivity contribution in [2.45, 2.75) is 39.8 Å². The van der Waals surface area contributed by atoms with Gasteiger partial charge in [0, 0.05) is 24.2 Å². The summed E-state index contributed by atoms with van der Waals surface area (Å²) in [5, 5.41) is 7.24. The van der Waals surface area contributed by atoms with E-state index in [0.717, 1.165) is 41.8 Å². The summed E-state index contributed by atoms with van der Waals surface area (Å²) in [6, 6.07) is 15.8. The van der Waals surface area contributed by atoms with Crippen molar-refractivity contribution in [2.24, 2.45) is 5.92 Å². The molecule has 1 N–H and O–H groups in total. The number of carbonyl (C=O) groups excluding carboxylic acids is 1. The molecule has 1 fully saturated rings. The van der Waals surface area contributed by atoms with E-state index in [1.807, 2.05) is 62.4 Å². The largest absolute Gasteiger partial charge is 0.494 e. The van der Waals surface area contributed by atoms with Crippen molar-refractivity contribution in [3.8, 4) is 17.1 Å². The van der Waals surface area contributed by atoms with Crippen molar-refractivity contribution in [3.63, 3.8) is 0 Å². The van der Waals surface area contributed by atoms with E-state index in [9.17, 15) is 4.79 Å². The first-order valence-corrected chi connectivity index (χ1v) is 11.2. The Bertz CT molecular complexity index is 1050. The van der Waals surface area contributed by atoms with Crippen molar-refractivity contribution >= 4 is 5.91 Å². The summed E-state index contributed by atoms with van der Waals surface area (Å²) >= 11 is 0. The average molecular weight is 435 g/mol. The van der Waals surface area contributed by atoms with Gasteiger partial charge in [-0.2, -0.15) is 4.98 Å². The monoisotopic (exact) mass is 434 g/mol. The van der Waals surface area contributed by atoms with Crippen molar-refractivity contribution in [1.29, 1.82) is 0 Å². The molecule has 0 bridgehead atoms. The quantitative estimate of drug-likeness (QED) is 0.578. The number of benzene rings is 2. The molecular formula is C25H30N4O3. The number of carbonyl (C=O) groups is 1. The molecule has 1 aromatic heterocycles. The van der Waals surface area contributed by atoms with Crippen LogP contribution in [0.4, 0.5) is 0 Å². The lowest BCUT2D eigenvalue weighted by Gasteiger charge is -2.30. The average Bonchev–Trinajstić information content (AvgIpc) is 3.27. The summed E-state index contributed by atoms with van der Waals surface area (Å²) in [5.74, 6) is 2.03. The highest BCUT2D eigenvalue weighted by Gasteiger charge is 2.27. The Morgan fingerprint density at radius 3 is 2.88 bits per heavy atom.